The molecule has 0 bridgehead atoms. The Morgan fingerprint density at radius 3 is 2.44 bits per heavy atom. The van der Waals surface area contributed by atoms with Gasteiger partial charge in [0, 0.05) is 37.3 Å². The van der Waals surface area contributed by atoms with Crippen molar-refractivity contribution in [2.24, 2.45) is 0 Å². The molecule has 7 heteroatoms. The minimum atomic E-state index is -0.120. The third-order valence-electron chi connectivity index (χ3n) is 2.74. The summed E-state index contributed by atoms with van der Waals surface area (Å²) in [6.45, 7) is 5.25. The molecular weight excluding hydrogens is 316 g/mol. The molecule has 2 N–H and O–H groups in total. The largest absolute Gasteiger partial charge is 0.370 e. The fraction of sp³-hybridized carbons (Fsp3) is 0.278. The number of H-pyrrole nitrogens is 1. The molecule has 0 amide bonds. The van der Waals surface area contributed by atoms with Crippen LogP contribution >= 0.6 is 0 Å². The molecule has 0 saturated heterocycles. The molecule has 3 rings (SSSR count). The van der Waals surface area contributed by atoms with E-state index in [2.05, 4.69) is 26.8 Å². The number of allylic oxidation sites excluding steroid dienone is 1. The van der Waals surface area contributed by atoms with E-state index in [1.165, 1.54) is 6.07 Å². The zero-order valence-corrected chi connectivity index (χ0v) is 15.4. The number of imidazole rings is 1. The Morgan fingerprint density at radius 2 is 1.92 bits per heavy atom. The second-order valence-electron chi connectivity index (χ2n) is 5.55. The fourth-order valence-corrected chi connectivity index (χ4v) is 1.88. The molecule has 134 valence electrons. The van der Waals surface area contributed by atoms with Gasteiger partial charge in [-0.2, -0.15) is 0 Å². The normalized spacial score (nSPS) is 9.68. The van der Waals surface area contributed by atoms with Crippen LogP contribution in [0, 0.1) is 0 Å². The van der Waals surface area contributed by atoms with Gasteiger partial charge in [0.2, 0.25) is 5.56 Å². The van der Waals surface area contributed by atoms with Crippen molar-refractivity contribution in [2.45, 2.75) is 6.92 Å². The summed E-state index contributed by atoms with van der Waals surface area (Å²) in [4.78, 5) is 24.2. The highest BCUT2D eigenvalue weighted by Crippen LogP contribution is 2.21. The van der Waals surface area contributed by atoms with Crippen LogP contribution in [-0.4, -0.2) is 52.4 Å². The topological polar surface area (TPSA) is 78.3 Å². The van der Waals surface area contributed by atoms with Crippen LogP contribution in [0.4, 0.5) is 5.82 Å². The van der Waals surface area contributed by atoms with E-state index in [1.54, 1.807) is 37.8 Å². The summed E-state index contributed by atoms with van der Waals surface area (Å²) < 4.78 is 1.92. The number of anilines is 1. The monoisotopic (exact) mass is 342 g/mol. The molecule has 3 heterocycles. The van der Waals surface area contributed by atoms with Gasteiger partial charge in [0.15, 0.2) is 11.5 Å². The molecule has 0 aliphatic carbocycles. The molecule has 0 aliphatic heterocycles. The Kier molecular flexibility index (Phi) is 8.08. The maximum atomic E-state index is 11.1. The van der Waals surface area contributed by atoms with Gasteiger partial charge in [-0.3, -0.25) is 9.20 Å². The van der Waals surface area contributed by atoms with Crippen LogP contribution < -0.4 is 10.9 Å². The zero-order valence-electron chi connectivity index (χ0n) is 15.4. The lowest BCUT2D eigenvalue weighted by Gasteiger charge is -2.03. The van der Waals surface area contributed by atoms with Crippen molar-refractivity contribution in [1.82, 2.24) is 24.3 Å². The van der Waals surface area contributed by atoms with Crippen molar-refractivity contribution < 1.29 is 0 Å². The Hall–Kier alpha value is -2.93. The van der Waals surface area contributed by atoms with E-state index in [9.17, 15) is 4.79 Å². The highest BCUT2D eigenvalue weighted by Gasteiger charge is 2.08. The molecule has 7 nitrogen and oxygen atoms in total. The van der Waals surface area contributed by atoms with Gasteiger partial charge in [-0.25, -0.2) is 9.97 Å². The number of rotatable bonds is 2. The minimum Gasteiger partial charge on any atom is -0.370 e. The predicted molar refractivity (Wildman–Crippen MR) is 104 cm³/mol. The SMILES string of the molecule is C=CC.CN(C)C.CNc1nccn2c(-c3ccc(=O)[nH]c3)cnc12. The summed E-state index contributed by atoms with van der Waals surface area (Å²) >= 11 is 0. The molecular formula is C18H26N6O. The fourth-order valence-electron chi connectivity index (χ4n) is 1.88. The number of pyridine rings is 1. The van der Waals surface area contributed by atoms with Crippen molar-refractivity contribution >= 4 is 11.5 Å². The van der Waals surface area contributed by atoms with E-state index in [1.807, 2.05) is 43.6 Å². The Bertz CT molecular complexity index is 827. The first kappa shape index (κ1) is 20.1. The molecule has 0 saturated carbocycles. The van der Waals surface area contributed by atoms with Crippen LogP contribution in [0.5, 0.6) is 0 Å². The van der Waals surface area contributed by atoms with E-state index in [-0.39, 0.29) is 5.56 Å². The maximum absolute atomic E-state index is 11.1. The number of aromatic amines is 1. The number of aromatic nitrogens is 4. The lowest BCUT2D eigenvalue weighted by molar-refractivity contribution is 0.505. The van der Waals surface area contributed by atoms with E-state index in [0.29, 0.717) is 5.82 Å². The maximum Gasteiger partial charge on any atom is 0.247 e. The molecule has 0 unspecified atom stereocenters. The number of hydrogen-bond donors (Lipinski definition) is 2. The summed E-state index contributed by atoms with van der Waals surface area (Å²) in [7, 11) is 7.80. The second-order valence-corrected chi connectivity index (χ2v) is 5.55. The van der Waals surface area contributed by atoms with Crippen molar-refractivity contribution in [2.75, 3.05) is 33.5 Å². The third-order valence-corrected chi connectivity index (χ3v) is 2.74. The Labute approximate surface area is 148 Å². The first-order valence-corrected chi connectivity index (χ1v) is 7.81. The average molecular weight is 342 g/mol. The molecule has 0 fully saturated rings. The third kappa shape index (κ3) is 5.89. The van der Waals surface area contributed by atoms with Crippen molar-refractivity contribution in [3.63, 3.8) is 0 Å². The van der Waals surface area contributed by atoms with Crippen molar-refractivity contribution in [3.8, 4) is 11.3 Å². The minimum absolute atomic E-state index is 0.120. The first-order chi connectivity index (χ1) is 11.9. The molecule has 3 aromatic heterocycles. The molecule has 3 aromatic rings. The number of hydrogen-bond acceptors (Lipinski definition) is 5. The van der Waals surface area contributed by atoms with E-state index in [0.717, 1.165) is 16.9 Å². The molecule has 0 radical (unpaired) electrons. The van der Waals surface area contributed by atoms with Gasteiger partial charge in [-0.05, 0) is 34.1 Å². The van der Waals surface area contributed by atoms with Crippen LogP contribution in [-0.2, 0) is 0 Å². The van der Waals surface area contributed by atoms with Crippen molar-refractivity contribution in [1.29, 1.82) is 0 Å². The van der Waals surface area contributed by atoms with E-state index >= 15 is 0 Å². The quantitative estimate of drug-likeness (QED) is 0.700. The van der Waals surface area contributed by atoms with Crippen LogP contribution in [0.1, 0.15) is 6.92 Å². The molecule has 0 atom stereocenters. The van der Waals surface area contributed by atoms with E-state index < -0.39 is 0 Å². The summed E-state index contributed by atoms with van der Waals surface area (Å²) in [5, 5.41) is 2.99. The number of nitrogens with zero attached hydrogens (tertiary/aromatic N) is 4. The standard InChI is InChI=1S/C12H11N5O.C3H9N.C3H6/c1-13-11-12-16-7-9(17(12)5-4-14-11)8-2-3-10(18)15-6-8;1-4(2)3;1-3-2/h2-7H,1H3,(H,13,14)(H,15,18);1-3H3;3H,1H2,2H3. The van der Waals surface area contributed by atoms with Gasteiger partial charge in [0.25, 0.3) is 0 Å². The van der Waals surface area contributed by atoms with E-state index in [4.69, 9.17) is 0 Å². The van der Waals surface area contributed by atoms with Gasteiger partial charge >= 0.3 is 0 Å². The van der Waals surface area contributed by atoms with Crippen LogP contribution in [0.15, 0.2) is 54.4 Å². The lowest BCUT2D eigenvalue weighted by Crippen LogP contribution is -2.02. The summed E-state index contributed by atoms with van der Waals surface area (Å²) in [5.74, 6) is 0.716. The summed E-state index contributed by atoms with van der Waals surface area (Å²) in [6, 6.07) is 3.26. The Balaban J connectivity index is 0.000000386. The highest BCUT2D eigenvalue weighted by molar-refractivity contribution is 5.69. The van der Waals surface area contributed by atoms with Gasteiger partial charge in [0.05, 0.1) is 11.9 Å². The lowest BCUT2D eigenvalue weighted by atomic mass is 10.2. The van der Waals surface area contributed by atoms with Gasteiger partial charge in [-0.15, -0.1) is 6.58 Å². The first-order valence-electron chi connectivity index (χ1n) is 7.81. The van der Waals surface area contributed by atoms with Crippen LogP contribution in [0.2, 0.25) is 0 Å². The second kappa shape index (κ2) is 10.0. The number of fused-ring (bicyclic) bond motifs is 1. The van der Waals surface area contributed by atoms with Crippen LogP contribution in [0.3, 0.4) is 0 Å². The average Bonchev–Trinajstić information content (AvgIpc) is 3.00. The smallest absolute Gasteiger partial charge is 0.247 e. The predicted octanol–water partition coefficient (Wildman–Crippen LogP) is 2.50. The molecule has 25 heavy (non-hydrogen) atoms. The van der Waals surface area contributed by atoms with Gasteiger partial charge in [0.1, 0.15) is 0 Å². The number of nitrogens with one attached hydrogen (secondary N) is 2. The molecule has 0 aliphatic rings. The summed E-state index contributed by atoms with van der Waals surface area (Å²) in [5.41, 5.74) is 2.43. The molecule has 0 aromatic carbocycles. The highest BCUT2D eigenvalue weighted by atomic mass is 16.1. The molecule has 0 spiro atoms. The summed E-state index contributed by atoms with van der Waals surface area (Å²) in [6.07, 6.45) is 8.72. The van der Waals surface area contributed by atoms with Gasteiger partial charge in [-0.1, -0.05) is 6.08 Å². The van der Waals surface area contributed by atoms with Gasteiger partial charge < -0.3 is 15.2 Å². The zero-order chi connectivity index (χ0) is 18.8. The van der Waals surface area contributed by atoms with Crippen molar-refractivity contribution in [3.05, 3.63) is 59.9 Å². The van der Waals surface area contributed by atoms with Crippen LogP contribution in [0.25, 0.3) is 16.9 Å². The Morgan fingerprint density at radius 1 is 1.28 bits per heavy atom.